The van der Waals surface area contributed by atoms with E-state index in [1.54, 1.807) is 0 Å². The van der Waals surface area contributed by atoms with Crippen LogP contribution in [0.1, 0.15) is 32.6 Å². The third-order valence-electron chi connectivity index (χ3n) is 4.88. The van der Waals surface area contributed by atoms with Gasteiger partial charge in [0.2, 0.25) is 9.70 Å². The smallest absolute Gasteiger partial charge is 0.407 e. The summed E-state index contributed by atoms with van der Waals surface area (Å²) in [6, 6.07) is -2.32. The number of Topliss-reactive ketones (excluding diaryl/α,β-unsaturated/α-hetero) is 1. The van der Waals surface area contributed by atoms with Crippen LogP contribution in [-0.2, 0) is 28.7 Å². The van der Waals surface area contributed by atoms with Gasteiger partial charge in [-0.3, -0.25) is 19.3 Å². The zero-order valence-corrected chi connectivity index (χ0v) is 21.3. The molecule has 3 atom stereocenters. The molecule has 2 heterocycles. The molecule has 1 fully saturated rings. The average Bonchev–Trinajstić information content (AvgIpc) is 2.73. The van der Waals surface area contributed by atoms with E-state index in [2.05, 4.69) is 15.4 Å². The van der Waals surface area contributed by atoms with Crippen LogP contribution in [0.5, 0.6) is 0 Å². The predicted octanol–water partition coefficient (Wildman–Crippen LogP) is 1.42. The van der Waals surface area contributed by atoms with Crippen molar-refractivity contribution in [2.45, 2.75) is 53.9 Å². The maximum Gasteiger partial charge on any atom is 0.407 e. The molecule has 2 aliphatic heterocycles. The van der Waals surface area contributed by atoms with Crippen molar-refractivity contribution in [1.82, 2.24) is 15.5 Å². The molecule has 16 heteroatoms. The fraction of sp³-hybridized carbons (Fsp3) is 0.579. The Kier molecular flexibility index (Phi) is 10.1. The molecule has 0 saturated carbocycles. The van der Waals surface area contributed by atoms with E-state index in [4.69, 9.17) is 34.8 Å². The van der Waals surface area contributed by atoms with Gasteiger partial charge in [0, 0.05) is 18.6 Å². The van der Waals surface area contributed by atoms with Crippen LogP contribution in [0.25, 0.3) is 0 Å². The van der Waals surface area contributed by atoms with Gasteiger partial charge in [-0.2, -0.15) is 0 Å². The Labute approximate surface area is 218 Å². The van der Waals surface area contributed by atoms with E-state index < -0.39 is 57.7 Å². The SMILES string of the molecule is CC(=O)CC1=C(C(=O)O)N2C(=O)C(NC(=O)CCC[C@@H](NC(=O)OCC(Cl)(Cl)Cl)C(=O)O)[C@H]2SC1. The average molecular weight is 575 g/mol. The van der Waals surface area contributed by atoms with Gasteiger partial charge in [0.1, 0.15) is 35.5 Å². The minimum Gasteiger partial charge on any atom is -0.480 e. The van der Waals surface area contributed by atoms with Gasteiger partial charge >= 0.3 is 18.0 Å². The second kappa shape index (κ2) is 12.2. The Bertz CT molecular complexity index is 954. The van der Waals surface area contributed by atoms with Crippen molar-refractivity contribution >= 4 is 82.2 Å². The van der Waals surface area contributed by atoms with Crippen LogP contribution < -0.4 is 10.6 Å². The van der Waals surface area contributed by atoms with Gasteiger partial charge in [0.15, 0.2) is 0 Å². The number of halogens is 3. The van der Waals surface area contributed by atoms with Gasteiger partial charge < -0.3 is 25.6 Å². The number of fused-ring (bicyclic) bond motifs is 1. The van der Waals surface area contributed by atoms with Crippen LogP contribution in [0.4, 0.5) is 4.79 Å². The second-order valence-corrected chi connectivity index (χ2v) is 11.3. The molecule has 2 rings (SSSR count). The molecule has 0 radical (unpaired) electrons. The zero-order chi connectivity index (χ0) is 26.5. The summed E-state index contributed by atoms with van der Waals surface area (Å²) in [5.41, 5.74) is 0.0976. The van der Waals surface area contributed by atoms with Crippen LogP contribution >= 0.6 is 46.6 Å². The summed E-state index contributed by atoms with van der Waals surface area (Å²) < 4.78 is 2.74. The number of thioether (sulfide) groups is 1. The number of hydrogen-bond donors (Lipinski definition) is 4. The molecule has 4 N–H and O–H groups in total. The van der Waals surface area contributed by atoms with E-state index in [9.17, 15) is 39.0 Å². The van der Waals surface area contributed by atoms with E-state index >= 15 is 0 Å². The maximum absolute atomic E-state index is 12.6. The summed E-state index contributed by atoms with van der Waals surface area (Å²) in [5, 5.41) is 22.7. The lowest BCUT2D eigenvalue weighted by molar-refractivity contribution is -0.150. The highest BCUT2D eigenvalue weighted by Crippen LogP contribution is 2.41. The number of alkyl carbamates (subject to hydrolysis) is 1. The largest absolute Gasteiger partial charge is 0.480 e. The molecule has 1 saturated heterocycles. The molecule has 3 amide bonds. The summed E-state index contributed by atoms with van der Waals surface area (Å²) in [5.74, 6) is -3.87. The Morgan fingerprint density at radius 3 is 2.43 bits per heavy atom. The molecule has 12 nitrogen and oxygen atoms in total. The zero-order valence-electron chi connectivity index (χ0n) is 18.2. The minimum atomic E-state index is -1.87. The van der Waals surface area contributed by atoms with Crippen LogP contribution in [0.3, 0.4) is 0 Å². The number of carboxylic acids is 2. The number of amides is 3. The standard InChI is InChI=1S/C19H22Cl3N3O9S/c1-8(26)5-9-6-35-15-12(14(28)25(15)13(9)17(31)32)24-11(27)4-2-3-10(16(29)30)23-18(33)34-7-19(20,21)22/h10,12,15H,2-7H2,1H3,(H,23,33)(H,24,27)(H,29,30)(H,31,32)/t10-,12?,15-/m1/s1. The molecule has 0 aliphatic carbocycles. The number of ketones is 1. The first kappa shape index (κ1) is 29.0. The molecular weight excluding hydrogens is 553 g/mol. The molecule has 194 valence electrons. The lowest BCUT2D eigenvalue weighted by Gasteiger charge is -2.49. The first-order chi connectivity index (χ1) is 16.2. The van der Waals surface area contributed by atoms with Crippen molar-refractivity contribution in [3.63, 3.8) is 0 Å². The molecule has 35 heavy (non-hydrogen) atoms. The summed E-state index contributed by atoms with van der Waals surface area (Å²) in [6.45, 7) is 0.723. The summed E-state index contributed by atoms with van der Waals surface area (Å²) in [7, 11) is 0. The fourth-order valence-electron chi connectivity index (χ4n) is 3.42. The predicted molar refractivity (Wildman–Crippen MR) is 125 cm³/mol. The number of carbonyl (C=O) groups excluding carboxylic acids is 4. The number of alkyl halides is 3. The number of hydrogen-bond acceptors (Lipinski definition) is 8. The Hall–Kier alpha value is -2.22. The number of carbonyl (C=O) groups is 6. The van der Waals surface area contributed by atoms with Crippen LogP contribution in [-0.4, -0.2) is 84.4 Å². The third-order valence-corrected chi connectivity index (χ3v) is 6.55. The van der Waals surface area contributed by atoms with Crippen molar-refractivity contribution in [3.8, 4) is 0 Å². The van der Waals surface area contributed by atoms with E-state index in [1.165, 1.54) is 18.7 Å². The number of aliphatic carboxylic acids is 2. The normalized spacial score (nSPS) is 20.3. The number of ether oxygens (including phenoxy) is 1. The van der Waals surface area contributed by atoms with Gasteiger partial charge in [-0.25, -0.2) is 14.4 Å². The Morgan fingerprint density at radius 2 is 1.89 bits per heavy atom. The molecular formula is C19H22Cl3N3O9S. The van der Waals surface area contributed by atoms with Crippen molar-refractivity contribution < 1.29 is 43.7 Å². The van der Waals surface area contributed by atoms with Crippen molar-refractivity contribution in [2.75, 3.05) is 12.4 Å². The summed E-state index contributed by atoms with van der Waals surface area (Å²) in [4.78, 5) is 72.0. The minimum absolute atomic E-state index is 0.0407. The van der Waals surface area contributed by atoms with Gasteiger partial charge in [-0.15, -0.1) is 11.8 Å². The van der Waals surface area contributed by atoms with Gasteiger partial charge in [-0.1, -0.05) is 34.8 Å². The van der Waals surface area contributed by atoms with E-state index in [1.807, 2.05) is 0 Å². The molecule has 0 spiro atoms. The van der Waals surface area contributed by atoms with E-state index in [0.29, 0.717) is 5.57 Å². The van der Waals surface area contributed by atoms with Crippen LogP contribution in [0.2, 0.25) is 0 Å². The molecule has 0 aromatic carbocycles. The molecule has 1 unspecified atom stereocenters. The second-order valence-electron chi connectivity index (χ2n) is 7.71. The lowest BCUT2D eigenvalue weighted by atomic mass is 10.0. The number of rotatable bonds is 11. The first-order valence-electron chi connectivity index (χ1n) is 10.1. The first-order valence-corrected chi connectivity index (χ1v) is 12.3. The number of carboxylic acid groups (broad SMARTS) is 2. The van der Waals surface area contributed by atoms with Crippen LogP contribution in [0.15, 0.2) is 11.3 Å². The number of nitrogens with zero attached hydrogens (tertiary/aromatic N) is 1. The number of nitrogens with one attached hydrogen (secondary N) is 2. The quantitative estimate of drug-likeness (QED) is 0.208. The Morgan fingerprint density at radius 1 is 1.23 bits per heavy atom. The maximum atomic E-state index is 12.6. The monoisotopic (exact) mass is 573 g/mol. The fourth-order valence-corrected chi connectivity index (χ4v) is 4.93. The summed E-state index contributed by atoms with van der Waals surface area (Å²) in [6.07, 6.45) is -1.45. The molecule has 0 bridgehead atoms. The topological polar surface area (TPSA) is 179 Å². The van der Waals surface area contributed by atoms with E-state index in [0.717, 1.165) is 4.90 Å². The highest BCUT2D eigenvalue weighted by atomic mass is 35.6. The highest BCUT2D eigenvalue weighted by Gasteiger charge is 2.54. The van der Waals surface area contributed by atoms with Gasteiger partial charge in [-0.05, 0) is 25.3 Å². The molecule has 2 aliphatic rings. The van der Waals surface area contributed by atoms with Gasteiger partial charge in [0.05, 0.1) is 0 Å². The third kappa shape index (κ3) is 8.16. The summed E-state index contributed by atoms with van der Waals surface area (Å²) >= 11 is 17.6. The molecule has 0 aromatic rings. The van der Waals surface area contributed by atoms with E-state index in [-0.39, 0.29) is 42.9 Å². The molecule has 0 aromatic heterocycles. The van der Waals surface area contributed by atoms with Crippen molar-refractivity contribution in [3.05, 3.63) is 11.3 Å². The Balaban J connectivity index is 1.86. The highest BCUT2D eigenvalue weighted by molar-refractivity contribution is 8.00. The number of β-lactam (4-membered cyclic amide) rings is 1. The van der Waals surface area contributed by atoms with Crippen LogP contribution in [0, 0.1) is 0 Å². The van der Waals surface area contributed by atoms with Gasteiger partial charge in [0.25, 0.3) is 5.91 Å². The lowest BCUT2D eigenvalue weighted by Crippen LogP contribution is -2.70. The van der Waals surface area contributed by atoms with Crippen molar-refractivity contribution in [2.24, 2.45) is 0 Å². The van der Waals surface area contributed by atoms with Crippen molar-refractivity contribution in [1.29, 1.82) is 0 Å².